The molecule has 1 atom stereocenters. The molecule has 3 heterocycles. The van der Waals surface area contributed by atoms with E-state index in [0.29, 0.717) is 29.9 Å². The van der Waals surface area contributed by atoms with Gasteiger partial charge in [-0.25, -0.2) is 4.98 Å². The largest absolute Gasteiger partial charge is 0.459 e. The number of nitrogens with one attached hydrogen (secondary N) is 2. The first-order valence-corrected chi connectivity index (χ1v) is 11.4. The zero-order chi connectivity index (χ0) is 22.8. The van der Waals surface area contributed by atoms with Gasteiger partial charge in [0.2, 0.25) is 5.96 Å². The van der Waals surface area contributed by atoms with Crippen molar-refractivity contribution in [3.8, 4) is 6.19 Å². The minimum Gasteiger partial charge on any atom is -0.459 e. The van der Waals surface area contributed by atoms with E-state index in [9.17, 15) is 4.79 Å². The fourth-order valence-electron chi connectivity index (χ4n) is 3.74. The van der Waals surface area contributed by atoms with Crippen LogP contribution < -0.4 is 10.6 Å². The molecule has 10 heteroatoms. The number of carbonyl (C=O) groups is 1. The Balaban J connectivity index is 1.32. The van der Waals surface area contributed by atoms with Crippen molar-refractivity contribution in [3.63, 3.8) is 0 Å². The molecule has 32 heavy (non-hydrogen) atoms. The summed E-state index contributed by atoms with van der Waals surface area (Å²) in [5.74, 6) is 1.31. The zero-order valence-corrected chi connectivity index (χ0v) is 19.2. The second kappa shape index (κ2) is 12.3. The van der Waals surface area contributed by atoms with Crippen molar-refractivity contribution >= 4 is 40.8 Å². The number of nitriles is 1. The van der Waals surface area contributed by atoms with E-state index in [-0.39, 0.29) is 16.2 Å². The lowest BCUT2D eigenvalue weighted by Gasteiger charge is -2.15. The normalized spacial score (nSPS) is 16.1. The molecule has 0 radical (unpaired) electrons. The van der Waals surface area contributed by atoms with E-state index in [2.05, 4.69) is 20.6 Å². The molecule has 1 aliphatic rings. The fourth-order valence-corrected chi connectivity index (χ4v) is 4.20. The molecule has 1 aliphatic heterocycles. The predicted octanol–water partition coefficient (Wildman–Crippen LogP) is 4.93. The second-order valence-electron chi connectivity index (χ2n) is 7.68. The van der Waals surface area contributed by atoms with Gasteiger partial charge in [0, 0.05) is 25.3 Å². The van der Waals surface area contributed by atoms with E-state index >= 15 is 0 Å². The Morgan fingerprint density at radius 2 is 2.06 bits per heavy atom. The van der Waals surface area contributed by atoms with Crippen LogP contribution >= 0.6 is 23.2 Å². The van der Waals surface area contributed by atoms with Gasteiger partial charge in [0.05, 0.1) is 6.26 Å². The summed E-state index contributed by atoms with van der Waals surface area (Å²) >= 11 is 11.8. The van der Waals surface area contributed by atoms with Crippen molar-refractivity contribution in [2.75, 3.05) is 25.0 Å². The number of anilines is 1. The number of halogens is 2. The van der Waals surface area contributed by atoms with Crippen LogP contribution in [-0.4, -0.2) is 41.4 Å². The highest BCUT2D eigenvalue weighted by molar-refractivity contribution is 6.33. The Bertz CT molecular complexity index is 938. The molecule has 0 bridgehead atoms. The van der Waals surface area contributed by atoms with Crippen LogP contribution in [0.5, 0.6) is 0 Å². The molecule has 3 rings (SSSR count). The summed E-state index contributed by atoms with van der Waals surface area (Å²) in [6.45, 7) is 2.20. The maximum Gasteiger partial charge on any atom is 0.289 e. The maximum absolute atomic E-state index is 12.3. The van der Waals surface area contributed by atoms with Crippen molar-refractivity contribution in [1.29, 1.82) is 5.26 Å². The summed E-state index contributed by atoms with van der Waals surface area (Å²) < 4.78 is 5.21. The predicted molar refractivity (Wildman–Crippen MR) is 125 cm³/mol. The molecule has 2 N–H and O–H groups in total. The van der Waals surface area contributed by atoms with E-state index in [4.69, 9.17) is 32.9 Å². The molecule has 8 nitrogen and oxygen atoms in total. The highest BCUT2D eigenvalue weighted by Gasteiger charge is 2.27. The molecule has 1 amide bonds. The lowest BCUT2D eigenvalue weighted by molar-refractivity contribution is 0.0755. The smallest absolute Gasteiger partial charge is 0.289 e. The number of carbonyl (C=O) groups excluding carboxylic acids is 1. The number of nitrogens with zero attached hydrogens (tertiary/aromatic N) is 4. The Morgan fingerprint density at radius 1 is 1.28 bits per heavy atom. The van der Waals surface area contributed by atoms with Crippen LogP contribution in [0.1, 0.15) is 49.1 Å². The van der Waals surface area contributed by atoms with Gasteiger partial charge in [0.1, 0.15) is 10.3 Å². The SMILES string of the molecule is N#CNC(=NCCCCCCC1CCN(C(=O)c2ccco2)C1)Nc1cc(Cl)nc(Cl)c1. The van der Waals surface area contributed by atoms with E-state index < -0.39 is 0 Å². The van der Waals surface area contributed by atoms with Crippen LogP contribution in [0.3, 0.4) is 0 Å². The molecule has 170 valence electrons. The lowest BCUT2D eigenvalue weighted by Crippen LogP contribution is -2.28. The van der Waals surface area contributed by atoms with Gasteiger partial charge in [0.25, 0.3) is 5.91 Å². The van der Waals surface area contributed by atoms with Crippen LogP contribution in [0.25, 0.3) is 0 Å². The molecule has 0 aliphatic carbocycles. The van der Waals surface area contributed by atoms with Crippen LogP contribution in [-0.2, 0) is 0 Å². The number of furan rings is 1. The number of likely N-dealkylation sites (tertiary alicyclic amines) is 1. The van der Waals surface area contributed by atoms with Crippen LogP contribution in [0.2, 0.25) is 10.3 Å². The number of pyridine rings is 1. The average molecular weight is 477 g/mol. The molecule has 0 aromatic carbocycles. The van der Waals surface area contributed by atoms with Gasteiger partial charge in [-0.15, -0.1) is 0 Å². The number of hydrogen-bond acceptors (Lipinski definition) is 5. The van der Waals surface area contributed by atoms with E-state index in [0.717, 1.165) is 51.6 Å². The third kappa shape index (κ3) is 7.43. The van der Waals surface area contributed by atoms with Crippen molar-refractivity contribution in [1.82, 2.24) is 15.2 Å². The Hall–Kier alpha value is -2.76. The van der Waals surface area contributed by atoms with Crippen molar-refractivity contribution in [2.45, 2.75) is 38.5 Å². The highest BCUT2D eigenvalue weighted by Crippen LogP contribution is 2.24. The zero-order valence-electron chi connectivity index (χ0n) is 17.7. The van der Waals surface area contributed by atoms with E-state index in [1.54, 1.807) is 24.3 Å². The Morgan fingerprint density at radius 3 is 2.78 bits per heavy atom. The van der Waals surface area contributed by atoms with Crippen LogP contribution in [0, 0.1) is 17.4 Å². The Kier molecular flexibility index (Phi) is 9.20. The van der Waals surface area contributed by atoms with Gasteiger partial charge in [-0.3, -0.25) is 15.1 Å². The molecular weight excluding hydrogens is 451 g/mol. The van der Waals surface area contributed by atoms with Gasteiger partial charge in [-0.1, -0.05) is 42.5 Å². The summed E-state index contributed by atoms with van der Waals surface area (Å²) in [5, 5.41) is 15.0. The first-order chi connectivity index (χ1) is 15.5. The minimum atomic E-state index is -0.0120. The van der Waals surface area contributed by atoms with Crippen molar-refractivity contribution in [2.24, 2.45) is 10.9 Å². The molecule has 2 aromatic heterocycles. The second-order valence-corrected chi connectivity index (χ2v) is 8.45. The first-order valence-electron chi connectivity index (χ1n) is 10.7. The molecule has 2 aromatic rings. The standard InChI is InChI=1S/C22H26Cl2N6O2/c23-19-12-17(13-20(24)29-19)28-22(27-15-25)26-9-4-2-1-3-6-16-8-10-30(14-16)21(31)18-7-5-11-32-18/h5,7,11-13,16H,1-4,6,8-10,14H2,(H2,26,27,28,29). The minimum absolute atomic E-state index is 0.0120. The number of hydrogen-bond donors (Lipinski definition) is 2. The van der Waals surface area contributed by atoms with E-state index in [1.165, 1.54) is 6.26 Å². The molecule has 0 saturated carbocycles. The molecule has 0 spiro atoms. The van der Waals surface area contributed by atoms with Gasteiger partial charge < -0.3 is 14.6 Å². The molecule has 1 unspecified atom stereocenters. The summed E-state index contributed by atoms with van der Waals surface area (Å²) in [4.78, 5) is 22.5. The summed E-state index contributed by atoms with van der Waals surface area (Å²) in [6.07, 6.45) is 9.80. The van der Waals surface area contributed by atoms with Crippen LogP contribution in [0.4, 0.5) is 5.69 Å². The number of aliphatic imine (C=N–C) groups is 1. The number of aromatic nitrogens is 1. The molecular formula is C22H26Cl2N6O2. The summed E-state index contributed by atoms with van der Waals surface area (Å²) in [6, 6.07) is 6.67. The summed E-state index contributed by atoms with van der Waals surface area (Å²) in [7, 11) is 0. The first kappa shape index (κ1) is 23.9. The number of unbranched alkanes of at least 4 members (excludes halogenated alkanes) is 3. The Labute approximate surface area is 197 Å². The van der Waals surface area contributed by atoms with Gasteiger partial charge in [-0.05, 0) is 49.4 Å². The fraction of sp³-hybridized carbons (Fsp3) is 0.455. The molecule has 1 fully saturated rings. The summed E-state index contributed by atoms with van der Waals surface area (Å²) in [5.41, 5.74) is 0.604. The maximum atomic E-state index is 12.3. The van der Waals surface area contributed by atoms with Gasteiger partial charge in [0.15, 0.2) is 12.0 Å². The van der Waals surface area contributed by atoms with Gasteiger partial charge >= 0.3 is 0 Å². The molecule has 1 saturated heterocycles. The van der Waals surface area contributed by atoms with Crippen molar-refractivity contribution < 1.29 is 9.21 Å². The lowest BCUT2D eigenvalue weighted by atomic mass is 10.00. The quantitative estimate of drug-likeness (QED) is 0.132. The number of rotatable bonds is 9. The third-order valence-corrected chi connectivity index (χ3v) is 5.68. The monoisotopic (exact) mass is 476 g/mol. The van der Waals surface area contributed by atoms with Crippen molar-refractivity contribution in [3.05, 3.63) is 46.6 Å². The average Bonchev–Trinajstić information content (AvgIpc) is 3.44. The number of amides is 1. The topological polar surface area (TPSA) is 107 Å². The highest BCUT2D eigenvalue weighted by atomic mass is 35.5. The van der Waals surface area contributed by atoms with Crippen LogP contribution in [0.15, 0.2) is 39.9 Å². The third-order valence-electron chi connectivity index (χ3n) is 5.30. The van der Waals surface area contributed by atoms with Gasteiger partial charge in [-0.2, -0.15) is 5.26 Å². The van der Waals surface area contributed by atoms with E-state index in [1.807, 2.05) is 11.1 Å². The number of guanidine groups is 1.